The zero-order valence-corrected chi connectivity index (χ0v) is 14.4. The van der Waals surface area contributed by atoms with Gasteiger partial charge in [-0.25, -0.2) is 0 Å². The lowest BCUT2D eigenvalue weighted by Crippen LogP contribution is -2.60. The fourth-order valence-corrected chi connectivity index (χ4v) is 4.94. The van der Waals surface area contributed by atoms with E-state index in [1.807, 2.05) is 20.8 Å². The van der Waals surface area contributed by atoms with Gasteiger partial charge in [0.2, 0.25) is 0 Å². The maximum absolute atomic E-state index is 12.8. The van der Waals surface area contributed by atoms with Crippen molar-refractivity contribution in [2.45, 2.75) is 65.0 Å². The van der Waals surface area contributed by atoms with Gasteiger partial charge >= 0.3 is 0 Å². The van der Waals surface area contributed by atoms with Crippen molar-refractivity contribution >= 4 is 10.2 Å². The van der Waals surface area contributed by atoms with Crippen molar-refractivity contribution in [3.63, 3.8) is 0 Å². The Hall–Kier alpha value is -0.170. The number of hydrogen-bond acceptors (Lipinski definition) is 3. The Labute approximate surface area is 124 Å². The van der Waals surface area contributed by atoms with E-state index in [1.165, 1.54) is 4.31 Å². The van der Waals surface area contributed by atoms with Gasteiger partial charge in [0.1, 0.15) is 0 Å². The molecular weight excluding hydrogens is 274 g/mol. The number of rotatable bonds is 6. The van der Waals surface area contributed by atoms with Gasteiger partial charge in [-0.05, 0) is 45.4 Å². The van der Waals surface area contributed by atoms with Gasteiger partial charge in [0, 0.05) is 31.7 Å². The maximum atomic E-state index is 12.8. The molecule has 1 aliphatic rings. The van der Waals surface area contributed by atoms with Crippen molar-refractivity contribution in [2.75, 3.05) is 20.1 Å². The largest absolute Gasteiger partial charge is 0.329 e. The summed E-state index contributed by atoms with van der Waals surface area (Å²) in [6, 6.07) is -0.0496. The molecule has 1 aliphatic carbocycles. The highest BCUT2D eigenvalue weighted by Crippen LogP contribution is 2.37. The van der Waals surface area contributed by atoms with Gasteiger partial charge in [0.15, 0.2) is 0 Å². The van der Waals surface area contributed by atoms with E-state index in [0.717, 1.165) is 25.7 Å². The van der Waals surface area contributed by atoms with E-state index < -0.39 is 15.7 Å². The lowest BCUT2D eigenvalue weighted by Gasteiger charge is -2.47. The molecule has 1 saturated carbocycles. The quantitative estimate of drug-likeness (QED) is 0.813. The van der Waals surface area contributed by atoms with Crippen molar-refractivity contribution in [2.24, 2.45) is 11.7 Å². The molecule has 20 heavy (non-hydrogen) atoms. The number of nitrogens with zero attached hydrogens (tertiary/aromatic N) is 2. The highest BCUT2D eigenvalue weighted by atomic mass is 32.2. The van der Waals surface area contributed by atoms with Crippen LogP contribution in [-0.2, 0) is 10.2 Å². The highest BCUT2D eigenvalue weighted by molar-refractivity contribution is 7.86. The lowest BCUT2D eigenvalue weighted by atomic mass is 9.77. The van der Waals surface area contributed by atoms with Crippen molar-refractivity contribution < 1.29 is 8.42 Å². The fraction of sp³-hybridized carbons (Fsp3) is 1.00. The molecule has 0 radical (unpaired) electrons. The Morgan fingerprint density at radius 1 is 1.30 bits per heavy atom. The van der Waals surface area contributed by atoms with Crippen molar-refractivity contribution in [1.29, 1.82) is 0 Å². The summed E-state index contributed by atoms with van der Waals surface area (Å²) in [5.74, 6) is 0.666. The number of nitrogens with two attached hydrogens (primary N) is 1. The second-order valence-electron chi connectivity index (χ2n) is 6.39. The van der Waals surface area contributed by atoms with Gasteiger partial charge in [-0.3, -0.25) is 0 Å². The van der Waals surface area contributed by atoms with Gasteiger partial charge in [0.05, 0.1) is 0 Å². The van der Waals surface area contributed by atoms with Crippen LogP contribution in [0.15, 0.2) is 0 Å². The Morgan fingerprint density at radius 3 is 2.15 bits per heavy atom. The summed E-state index contributed by atoms with van der Waals surface area (Å²) in [6.45, 7) is 8.79. The Kier molecular flexibility index (Phi) is 6.01. The first kappa shape index (κ1) is 17.9. The average molecular weight is 305 g/mol. The molecule has 120 valence electrons. The Morgan fingerprint density at radius 2 is 1.80 bits per heavy atom. The van der Waals surface area contributed by atoms with Crippen LogP contribution in [0.25, 0.3) is 0 Å². The Bertz CT molecular complexity index is 401. The smallest absolute Gasteiger partial charge is 0.282 e. The molecule has 1 rings (SSSR count). The molecule has 0 bridgehead atoms. The van der Waals surface area contributed by atoms with E-state index in [2.05, 4.69) is 6.92 Å². The van der Waals surface area contributed by atoms with Crippen LogP contribution in [0.3, 0.4) is 0 Å². The molecular formula is C14H31N3O2S. The molecule has 0 heterocycles. The third kappa shape index (κ3) is 3.35. The fourth-order valence-electron chi connectivity index (χ4n) is 3.02. The van der Waals surface area contributed by atoms with Crippen LogP contribution < -0.4 is 5.73 Å². The zero-order chi connectivity index (χ0) is 15.6. The van der Waals surface area contributed by atoms with Crippen LogP contribution in [-0.4, -0.2) is 48.7 Å². The second-order valence-corrected chi connectivity index (χ2v) is 8.31. The molecule has 0 aromatic carbocycles. The summed E-state index contributed by atoms with van der Waals surface area (Å²) in [4.78, 5) is 0. The normalized spacial score (nSPS) is 28.6. The van der Waals surface area contributed by atoms with E-state index in [-0.39, 0.29) is 6.04 Å². The lowest BCUT2D eigenvalue weighted by molar-refractivity contribution is 0.112. The molecule has 0 unspecified atom stereocenters. The first-order valence-electron chi connectivity index (χ1n) is 7.67. The minimum absolute atomic E-state index is 0.0496. The molecule has 0 atom stereocenters. The number of hydrogen-bond donors (Lipinski definition) is 1. The number of likely N-dealkylation sites (N-methyl/N-ethyl adjacent to an activating group) is 1. The zero-order valence-electron chi connectivity index (χ0n) is 13.6. The van der Waals surface area contributed by atoms with E-state index in [0.29, 0.717) is 19.0 Å². The molecule has 0 amide bonds. The van der Waals surface area contributed by atoms with Crippen LogP contribution in [0.4, 0.5) is 0 Å². The third-order valence-corrected chi connectivity index (χ3v) is 7.12. The minimum Gasteiger partial charge on any atom is -0.329 e. The van der Waals surface area contributed by atoms with Gasteiger partial charge in [-0.15, -0.1) is 0 Å². The van der Waals surface area contributed by atoms with E-state index in [9.17, 15) is 8.42 Å². The molecule has 0 spiro atoms. The summed E-state index contributed by atoms with van der Waals surface area (Å²) < 4.78 is 28.8. The van der Waals surface area contributed by atoms with Crippen LogP contribution in [0.1, 0.15) is 53.4 Å². The molecule has 0 aliphatic heterocycles. The van der Waals surface area contributed by atoms with Gasteiger partial charge in [-0.2, -0.15) is 17.0 Å². The maximum Gasteiger partial charge on any atom is 0.282 e. The molecule has 0 saturated heterocycles. The summed E-state index contributed by atoms with van der Waals surface area (Å²) >= 11 is 0. The predicted octanol–water partition coefficient (Wildman–Crippen LogP) is 1.80. The van der Waals surface area contributed by atoms with Gasteiger partial charge in [-0.1, -0.05) is 13.8 Å². The first-order chi connectivity index (χ1) is 9.21. The molecule has 6 heteroatoms. The van der Waals surface area contributed by atoms with E-state index in [1.54, 1.807) is 11.4 Å². The second kappa shape index (κ2) is 6.73. The Balaban J connectivity index is 3.10. The topological polar surface area (TPSA) is 66.6 Å². The van der Waals surface area contributed by atoms with E-state index in [4.69, 9.17) is 5.73 Å². The monoisotopic (exact) mass is 305 g/mol. The van der Waals surface area contributed by atoms with Crippen molar-refractivity contribution in [3.8, 4) is 0 Å². The summed E-state index contributed by atoms with van der Waals surface area (Å²) in [7, 11) is -1.80. The third-order valence-electron chi connectivity index (χ3n) is 4.77. The first-order valence-corrected chi connectivity index (χ1v) is 9.07. The summed E-state index contributed by atoms with van der Waals surface area (Å²) in [6.07, 6.45) is 3.83. The van der Waals surface area contributed by atoms with Crippen LogP contribution in [0.2, 0.25) is 0 Å². The predicted molar refractivity (Wildman–Crippen MR) is 83.6 cm³/mol. The molecule has 5 nitrogen and oxygen atoms in total. The van der Waals surface area contributed by atoms with Crippen molar-refractivity contribution in [3.05, 3.63) is 0 Å². The standard InChI is InChI=1S/C14H31N3O2S/c1-6-17(20(18,19)16(5)12(2)3)14(11-15)9-7-13(4)8-10-14/h12-13H,6-11,15H2,1-5H3. The molecule has 0 aromatic heterocycles. The summed E-state index contributed by atoms with van der Waals surface area (Å²) in [5.41, 5.74) is 5.61. The summed E-state index contributed by atoms with van der Waals surface area (Å²) in [5, 5.41) is 0. The van der Waals surface area contributed by atoms with Crippen molar-refractivity contribution in [1.82, 2.24) is 8.61 Å². The average Bonchev–Trinajstić information content (AvgIpc) is 2.40. The van der Waals surface area contributed by atoms with Crippen LogP contribution in [0, 0.1) is 5.92 Å². The SMILES string of the molecule is CCN(C1(CN)CCC(C)CC1)S(=O)(=O)N(C)C(C)C. The minimum atomic E-state index is -3.45. The molecule has 0 aromatic rings. The van der Waals surface area contributed by atoms with Crippen LogP contribution in [0.5, 0.6) is 0 Å². The van der Waals surface area contributed by atoms with Crippen LogP contribution >= 0.6 is 0 Å². The highest BCUT2D eigenvalue weighted by Gasteiger charge is 2.45. The van der Waals surface area contributed by atoms with E-state index >= 15 is 0 Å². The van der Waals surface area contributed by atoms with Gasteiger partial charge in [0.25, 0.3) is 10.2 Å². The molecule has 1 fully saturated rings. The molecule has 2 N–H and O–H groups in total. The van der Waals surface area contributed by atoms with Gasteiger partial charge < -0.3 is 5.73 Å².